The Morgan fingerprint density at radius 2 is 1.56 bits per heavy atom. The molecule has 0 heterocycles. The molecule has 0 aliphatic heterocycles. The van der Waals surface area contributed by atoms with Crippen molar-refractivity contribution in [3.8, 4) is 11.5 Å². The number of halogens is 3. The lowest BCUT2D eigenvalue weighted by molar-refractivity contribution is 0.102. The first-order valence-electron chi connectivity index (χ1n) is 9.94. The fraction of sp³-hybridized carbons (Fsp3) is 0.240. The van der Waals surface area contributed by atoms with Gasteiger partial charge in [-0.1, -0.05) is 67.7 Å². The second kappa shape index (κ2) is 10.0. The Morgan fingerprint density at radius 1 is 0.906 bits per heavy atom. The molecule has 0 bridgehead atoms. The third-order valence-electron chi connectivity index (χ3n) is 4.92. The second-order valence-electron chi connectivity index (χ2n) is 8.29. The van der Waals surface area contributed by atoms with Crippen LogP contribution >= 0.6 is 34.8 Å². The third-order valence-corrected chi connectivity index (χ3v) is 5.95. The van der Waals surface area contributed by atoms with E-state index in [1.807, 2.05) is 12.1 Å². The number of anilines is 1. The Kier molecular flexibility index (Phi) is 7.60. The highest BCUT2D eigenvalue weighted by atomic mass is 35.5. The predicted molar refractivity (Wildman–Crippen MR) is 132 cm³/mol. The van der Waals surface area contributed by atoms with Crippen molar-refractivity contribution in [2.24, 2.45) is 0 Å². The molecule has 3 rings (SSSR count). The molecule has 0 saturated carbocycles. The largest absolute Gasteiger partial charge is 0.496 e. The van der Waals surface area contributed by atoms with Crippen molar-refractivity contribution < 1.29 is 14.3 Å². The van der Waals surface area contributed by atoms with Gasteiger partial charge in [0.15, 0.2) is 0 Å². The van der Waals surface area contributed by atoms with Crippen molar-refractivity contribution >= 4 is 46.4 Å². The van der Waals surface area contributed by atoms with Crippen LogP contribution in [0.25, 0.3) is 0 Å². The van der Waals surface area contributed by atoms with Crippen LogP contribution in [-0.2, 0) is 12.0 Å². The summed E-state index contributed by atoms with van der Waals surface area (Å²) in [5, 5.41) is 3.67. The number of hydrogen-bond acceptors (Lipinski definition) is 3. The first-order chi connectivity index (χ1) is 15.1. The molecule has 0 unspecified atom stereocenters. The van der Waals surface area contributed by atoms with Crippen molar-refractivity contribution in [1.82, 2.24) is 0 Å². The minimum absolute atomic E-state index is 0.0701. The summed E-state index contributed by atoms with van der Waals surface area (Å²) >= 11 is 18.2. The summed E-state index contributed by atoms with van der Waals surface area (Å²) in [5.74, 6) is 1.02. The maximum Gasteiger partial charge on any atom is 0.255 e. The molecule has 0 aliphatic rings. The number of rotatable bonds is 6. The van der Waals surface area contributed by atoms with Gasteiger partial charge in [0.2, 0.25) is 0 Å². The Hall–Kier alpha value is -2.40. The molecule has 0 spiro atoms. The maximum atomic E-state index is 12.8. The van der Waals surface area contributed by atoms with E-state index in [1.165, 1.54) is 17.7 Å². The molecule has 7 heteroatoms. The predicted octanol–water partition coefficient (Wildman–Crippen LogP) is 7.78. The van der Waals surface area contributed by atoms with E-state index in [1.54, 1.807) is 25.3 Å². The fourth-order valence-electron chi connectivity index (χ4n) is 3.06. The van der Waals surface area contributed by atoms with Gasteiger partial charge >= 0.3 is 0 Å². The van der Waals surface area contributed by atoms with Crippen LogP contribution in [0.4, 0.5) is 5.69 Å². The molecule has 3 aromatic rings. The van der Waals surface area contributed by atoms with E-state index < -0.39 is 0 Å². The Balaban J connectivity index is 1.76. The highest BCUT2D eigenvalue weighted by Gasteiger charge is 2.15. The van der Waals surface area contributed by atoms with E-state index in [9.17, 15) is 4.79 Å². The topological polar surface area (TPSA) is 47.6 Å². The molecule has 0 aliphatic carbocycles. The van der Waals surface area contributed by atoms with Crippen molar-refractivity contribution in [2.75, 3.05) is 12.4 Å². The van der Waals surface area contributed by atoms with Gasteiger partial charge in [0, 0.05) is 11.1 Å². The van der Waals surface area contributed by atoms with E-state index in [2.05, 4.69) is 38.2 Å². The zero-order valence-corrected chi connectivity index (χ0v) is 20.5. The van der Waals surface area contributed by atoms with Crippen molar-refractivity contribution in [3.05, 3.63) is 86.4 Å². The molecule has 168 valence electrons. The van der Waals surface area contributed by atoms with Gasteiger partial charge in [-0.25, -0.2) is 0 Å². The smallest absolute Gasteiger partial charge is 0.255 e. The van der Waals surface area contributed by atoms with Crippen molar-refractivity contribution in [1.29, 1.82) is 0 Å². The van der Waals surface area contributed by atoms with Gasteiger partial charge in [0.1, 0.15) is 18.1 Å². The van der Waals surface area contributed by atoms with Crippen LogP contribution in [0, 0.1) is 0 Å². The van der Waals surface area contributed by atoms with Crippen LogP contribution in [0.5, 0.6) is 11.5 Å². The number of methoxy groups -OCH3 is 1. The van der Waals surface area contributed by atoms with E-state index in [0.29, 0.717) is 32.1 Å². The summed E-state index contributed by atoms with van der Waals surface area (Å²) < 4.78 is 11.4. The lowest BCUT2D eigenvalue weighted by atomic mass is 9.87. The van der Waals surface area contributed by atoms with E-state index in [0.717, 1.165) is 11.3 Å². The molecule has 3 aromatic carbocycles. The Bertz CT molecular complexity index is 1120. The lowest BCUT2D eigenvalue weighted by Crippen LogP contribution is -2.13. The highest BCUT2D eigenvalue weighted by molar-refractivity contribution is 6.44. The Labute approximate surface area is 203 Å². The summed E-state index contributed by atoms with van der Waals surface area (Å²) in [6, 6.07) is 16.1. The normalized spacial score (nSPS) is 11.2. The molecule has 0 fully saturated rings. The van der Waals surface area contributed by atoms with Gasteiger partial charge in [0.05, 0.1) is 27.9 Å². The first-order valence-corrected chi connectivity index (χ1v) is 11.1. The van der Waals surface area contributed by atoms with Gasteiger partial charge in [-0.15, -0.1) is 0 Å². The summed E-state index contributed by atoms with van der Waals surface area (Å²) in [6.07, 6.45) is 0. The SMILES string of the molecule is COc1ccc(C(=O)Nc2cc(Cl)c(Cl)cc2Cl)cc1COc1ccc(C(C)(C)C)cc1. The molecule has 1 amide bonds. The lowest BCUT2D eigenvalue weighted by Gasteiger charge is -2.19. The van der Waals surface area contributed by atoms with E-state index in [4.69, 9.17) is 44.3 Å². The zero-order chi connectivity index (χ0) is 23.5. The highest BCUT2D eigenvalue weighted by Crippen LogP contribution is 2.33. The number of benzene rings is 3. The number of carbonyl (C=O) groups excluding carboxylic acids is 1. The van der Waals surface area contributed by atoms with Crippen LogP contribution in [0.2, 0.25) is 15.1 Å². The number of nitrogens with one attached hydrogen (secondary N) is 1. The molecule has 1 N–H and O–H groups in total. The minimum Gasteiger partial charge on any atom is -0.496 e. The Morgan fingerprint density at radius 3 is 2.19 bits per heavy atom. The van der Waals surface area contributed by atoms with Crippen LogP contribution in [-0.4, -0.2) is 13.0 Å². The number of carbonyl (C=O) groups is 1. The third kappa shape index (κ3) is 5.89. The fourth-order valence-corrected chi connectivity index (χ4v) is 3.65. The van der Waals surface area contributed by atoms with Gasteiger partial charge in [-0.3, -0.25) is 4.79 Å². The van der Waals surface area contributed by atoms with Crippen molar-refractivity contribution in [3.63, 3.8) is 0 Å². The first kappa shape index (κ1) is 24.2. The molecular formula is C25H24Cl3NO3. The van der Waals surface area contributed by atoms with Gasteiger partial charge in [-0.2, -0.15) is 0 Å². The average molecular weight is 493 g/mol. The molecule has 32 heavy (non-hydrogen) atoms. The van der Waals surface area contributed by atoms with Gasteiger partial charge < -0.3 is 14.8 Å². The van der Waals surface area contributed by atoms with E-state index >= 15 is 0 Å². The number of amides is 1. The van der Waals surface area contributed by atoms with E-state index in [-0.39, 0.29) is 17.9 Å². The molecule has 4 nitrogen and oxygen atoms in total. The quantitative estimate of drug-likeness (QED) is 0.357. The summed E-state index contributed by atoms with van der Waals surface area (Å²) in [4.78, 5) is 12.8. The molecule has 0 saturated heterocycles. The van der Waals surface area contributed by atoms with Crippen LogP contribution in [0.1, 0.15) is 42.3 Å². The number of ether oxygens (including phenoxy) is 2. The molecule has 0 atom stereocenters. The zero-order valence-electron chi connectivity index (χ0n) is 18.3. The summed E-state index contributed by atoms with van der Waals surface area (Å²) in [5.41, 5.74) is 2.83. The molecular weight excluding hydrogens is 469 g/mol. The molecule has 0 radical (unpaired) electrons. The van der Waals surface area contributed by atoms with Crippen molar-refractivity contribution in [2.45, 2.75) is 32.8 Å². The van der Waals surface area contributed by atoms with Crippen LogP contribution in [0.3, 0.4) is 0 Å². The van der Waals surface area contributed by atoms with Gasteiger partial charge in [-0.05, 0) is 53.4 Å². The summed E-state index contributed by atoms with van der Waals surface area (Å²) in [6.45, 7) is 6.73. The van der Waals surface area contributed by atoms with Crippen LogP contribution in [0.15, 0.2) is 54.6 Å². The minimum atomic E-state index is -0.344. The second-order valence-corrected chi connectivity index (χ2v) is 9.51. The summed E-state index contributed by atoms with van der Waals surface area (Å²) in [7, 11) is 1.58. The average Bonchev–Trinajstić information content (AvgIpc) is 2.75. The monoisotopic (exact) mass is 491 g/mol. The standard InChI is InChI=1S/C25H24Cl3NO3/c1-25(2,3)17-6-8-18(9-7-17)32-14-16-11-15(5-10-23(16)31-4)24(30)29-22-13-20(27)19(26)12-21(22)28/h5-13H,14H2,1-4H3,(H,29,30). The molecule has 0 aromatic heterocycles. The van der Waals surface area contributed by atoms with Crippen LogP contribution < -0.4 is 14.8 Å². The van der Waals surface area contributed by atoms with Gasteiger partial charge in [0.25, 0.3) is 5.91 Å². The maximum absolute atomic E-state index is 12.8. The number of hydrogen-bond donors (Lipinski definition) is 1.